The Morgan fingerprint density at radius 1 is 1.05 bits per heavy atom. The van der Waals surface area contributed by atoms with Crippen molar-refractivity contribution in [1.82, 2.24) is 14.8 Å². The van der Waals surface area contributed by atoms with Crippen LogP contribution in [0, 0.1) is 0 Å². The van der Waals surface area contributed by atoms with Gasteiger partial charge in [0.2, 0.25) is 0 Å². The smallest absolute Gasteiger partial charge is 0.168 e. The third-order valence-electron chi connectivity index (χ3n) is 3.04. The summed E-state index contributed by atoms with van der Waals surface area (Å²) in [5.41, 5.74) is 1.94. The predicted octanol–water partition coefficient (Wildman–Crippen LogP) is 5.25. The van der Waals surface area contributed by atoms with E-state index in [2.05, 4.69) is 42.1 Å². The zero-order valence-electron chi connectivity index (χ0n) is 10.8. The number of benzene rings is 2. The molecular weight excluding hydrogens is 417 g/mol. The molecule has 0 amide bonds. The van der Waals surface area contributed by atoms with E-state index in [4.69, 9.17) is 11.6 Å². The maximum absolute atomic E-state index is 6.19. The Bertz CT molecular complexity index is 772. The van der Waals surface area contributed by atoms with Crippen LogP contribution in [0.3, 0.4) is 0 Å². The van der Waals surface area contributed by atoms with Crippen LogP contribution >= 0.6 is 43.5 Å². The van der Waals surface area contributed by atoms with Crippen molar-refractivity contribution in [2.75, 3.05) is 0 Å². The zero-order chi connectivity index (χ0) is 14.8. The molecule has 0 radical (unpaired) electrons. The second kappa shape index (κ2) is 6.30. The third kappa shape index (κ3) is 2.91. The molecule has 0 unspecified atom stereocenters. The minimum Gasteiger partial charge on any atom is -0.278 e. The molecule has 106 valence electrons. The van der Waals surface area contributed by atoms with Crippen LogP contribution in [0.25, 0.3) is 17.1 Å². The summed E-state index contributed by atoms with van der Waals surface area (Å²) in [6, 6.07) is 15.8. The summed E-state index contributed by atoms with van der Waals surface area (Å²) in [5, 5.41) is 9.84. The summed E-state index contributed by atoms with van der Waals surface area (Å²) in [7, 11) is 0. The first-order valence-corrected chi connectivity index (χ1v) is 8.51. The van der Waals surface area contributed by atoms with Gasteiger partial charge in [0.15, 0.2) is 5.82 Å². The Balaban J connectivity index is 2.20. The van der Waals surface area contributed by atoms with E-state index in [0.717, 1.165) is 27.4 Å². The summed E-state index contributed by atoms with van der Waals surface area (Å²) in [6.45, 7) is 0. The number of rotatable bonds is 3. The second-order valence-electron chi connectivity index (χ2n) is 4.37. The van der Waals surface area contributed by atoms with Crippen LogP contribution in [0.4, 0.5) is 0 Å². The van der Waals surface area contributed by atoms with Crippen molar-refractivity contribution in [2.45, 2.75) is 5.33 Å². The van der Waals surface area contributed by atoms with Gasteiger partial charge >= 0.3 is 0 Å². The molecule has 0 saturated heterocycles. The molecule has 1 aromatic heterocycles. The molecule has 0 N–H and O–H groups in total. The topological polar surface area (TPSA) is 30.7 Å². The number of halogens is 3. The van der Waals surface area contributed by atoms with Crippen LogP contribution in [0.1, 0.15) is 5.82 Å². The Morgan fingerprint density at radius 3 is 2.48 bits per heavy atom. The molecular formula is C15H10Br2ClN3. The van der Waals surface area contributed by atoms with Gasteiger partial charge in [-0.15, -0.1) is 10.2 Å². The highest BCUT2D eigenvalue weighted by molar-refractivity contribution is 9.10. The molecule has 2 aromatic carbocycles. The summed E-state index contributed by atoms with van der Waals surface area (Å²) in [4.78, 5) is 0. The van der Waals surface area contributed by atoms with Crippen LogP contribution in [-0.2, 0) is 5.33 Å². The molecule has 0 aliphatic rings. The van der Waals surface area contributed by atoms with E-state index >= 15 is 0 Å². The van der Waals surface area contributed by atoms with Crippen molar-refractivity contribution in [3.8, 4) is 17.1 Å². The fraction of sp³-hybridized carbons (Fsp3) is 0.0667. The Hall–Kier alpha value is -1.17. The van der Waals surface area contributed by atoms with Crippen LogP contribution in [0.15, 0.2) is 53.0 Å². The highest BCUT2D eigenvalue weighted by Gasteiger charge is 2.15. The largest absolute Gasteiger partial charge is 0.278 e. The molecule has 0 bridgehead atoms. The minimum atomic E-state index is 0.624. The van der Waals surface area contributed by atoms with Crippen LogP contribution < -0.4 is 0 Å². The zero-order valence-corrected chi connectivity index (χ0v) is 14.7. The van der Waals surface area contributed by atoms with Gasteiger partial charge in [0.05, 0.1) is 10.4 Å². The summed E-state index contributed by atoms with van der Waals surface area (Å²) in [5.74, 6) is 1.61. The SMILES string of the molecule is Clc1cc(-c2nnc(CBr)n2-c2ccccc2)ccc1Br. The van der Waals surface area contributed by atoms with Crippen LogP contribution in [0.2, 0.25) is 5.02 Å². The standard InChI is InChI=1S/C15H10Br2ClN3/c16-9-14-19-20-15(10-6-7-12(17)13(18)8-10)21(14)11-4-2-1-3-5-11/h1-8H,9H2. The van der Waals surface area contributed by atoms with Gasteiger partial charge in [0.1, 0.15) is 5.82 Å². The van der Waals surface area contributed by atoms with Crippen LogP contribution in [-0.4, -0.2) is 14.8 Å². The first-order valence-electron chi connectivity index (χ1n) is 6.22. The van der Waals surface area contributed by atoms with Crippen molar-refractivity contribution in [1.29, 1.82) is 0 Å². The third-order valence-corrected chi connectivity index (χ3v) is 4.78. The van der Waals surface area contributed by atoms with Crippen LogP contribution in [0.5, 0.6) is 0 Å². The Morgan fingerprint density at radius 2 is 1.81 bits per heavy atom. The molecule has 0 atom stereocenters. The van der Waals surface area contributed by atoms with E-state index in [1.54, 1.807) is 0 Å². The Kier molecular flexibility index (Phi) is 4.42. The van der Waals surface area contributed by atoms with E-state index in [0.29, 0.717) is 10.4 Å². The van der Waals surface area contributed by atoms with Gasteiger partial charge < -0.3 is 0 Å². The molecule has 3 rings (SSSR count). The fourth-order valence-corrected chi connectivity index (χ4v) is 2.86. The number of alkyl halides is 1. The number of hydrogen-bond donors (Lipinski definition) is 0. The lowest BCUT2D eigenvalue weighted by Gasteiger charge is -2.10. The van der Waals surface area contributed by atoms with E-state index in [9.17, 15) is 0 Å². The number of aromatic nitrogens is 3. The normalized spacial score (nSPS) is 10.8. The molecule has 1 heterocycles. The van der Waals surface area contributed by atoms with Gasteiger partial charge in [0.25, 0.3) is 0 Å². The number of nitrogens with zero attached hydrogens (tertiary/aromatic N) is 3. The molecule has 0 fully saturated rings. The van der Waals surface area contributed by atoms with E-state index in [1.165, 1.54) is 0 Å². The molecule has 0 aliphatic carbocycles. The van der Waals surface area contributed by atoms with Gasteiger partial charge in [-0.2, -0.15) is 0 Å². The highest BCUT2D eigenvalue weighted by atomic mass is 79.9. The van der Waals surface area contributed by atoms with Crippen molar-refractivity contribution in [3.63, 3.8) is 0 Å². The summed E-state index contributed by atoms with van der Waals surface area (Å²) < 4.78 is 2.88. The quantitative estimate of drug-likeness (QED) is 0.535. The minimum absolute atomic E-state index is 0.624. The van der Waals surface area contributed by atoms with Crippen molar-refractivity contribution in [2.24, 2.45) is 0 Å². The van der Waals surface area contributed by atoms with E-state index < -0.39 is 0 Å². The molecule has 0 saturated carbocycles. The van der Waals surface area contributed by atoms with Crippen molar-refractivity contribution < 1.29 is 0 Å². The molecule has 3 aromatic rings. The molecule has 0 spiro atoms. The lowest BCUT2D eigenvalue weighted by molar-refractivity contribution is 0.962. The number of para-hydroxylation sites is 1. The number of hydrogen-bond acceptors (Lipinski definition) is 2. The molecule has 6 heteroatoms. The van der Waals surface area contributed by atoms with Gasteiger partial charge in [0, 0.05) is 15.7 Å². The fourth-order valence-electron chi connectivity index (χ4n) is 2.07. The average Bonchev–Trinajstić information content (AvgIpc) is 2.95. The maximum Gasteiger partial charge on any atom is 0.168 e. The maximum atomic E-state index is 6.19. The van der Waals surface area contributed by atoms with Crippen molar-refractivity contribution >= 4 is 43.5 Å². The van der Waals surface area contributed by atoms with Gasteiger partial charge in [-0.1, -0.05) is 45.7 Å². The van der Waals surface area contributed by atoms with Gasteiger partial charge in [-0.3, -0.25) is 4.57 Å². The first kappa shape index (κ1) is 14.8. The monoisotopic (exact) mass is 425 g/mol. The van der Waals surface area contributed by atoms with Crippen molar-refractivity contribution in [3.05, 3.63) is 63.9 Å². The average molecular weight is 428 g/mol. The van der Waals surface area contributed by atoms with E-state index in [1.807, 2.05) is 53.1 Å². The lowest BCUT2D eigenvalue weighted by Crippen LogP contribution is -2.01. The summed E-state index contributed by atoms with van der Waals surface area (Å²) >= 11 is 13.1. The highest BCUT2D eigenvalue weighted by Crippen LogP contribution is 2.30. The summed E-state index contributed by atoms with van der Waals surface area (Å²) in [6.07, 6.45) is 0. The Labute approximate surface area is 144 Å². The van der Waals surface area contributed by atoms with Gasteiger partial charge in [-0.25, -0.2) is 0 Å². The molecule has 21 heavy (non-hydrogen) atoms. The molecule has 0 aliphatic heterocycles. The van der Waals surface area contributed by atoms with Gasteiger partial charge in [-0.05, 0) is 46.3 Å². The van der Waals surface area contributed by atoms with E-state index in [-0.39, 0.29) is 0 Å². The first-order chi connectivity index (χ1) is 10.2. The second-order valence-corrected chi connectivity index (χ2v) is 6.20. The molecule has 3 nitrogen and oxygen atoms in total. The lowest BCUT2D eigenvalue weighted by atomic mass is 10.2. The predicted molar refractivity (Wildman–Crippen MR) is 92.1 cm³/mol.